The molecule has 1 fully saturated rings. The van der Waals surface area contributed by atoms with Crippen LogP contribution in [0.2, 0.25) is 0 Å². The molecule has 8 nitrogen and oxygen atoms in total. The van der Waals surface area contributed by atoms with Gasteiger partial charge in [0, 0.05) is 18.1 Å². The molecule has 1 saturated heterocycles. The number of amides is 3. The summed E-state index contributed by atoms with van der Waals surface area (Å²) in [6.07, 6.45) is -0.945. The summed E-state index contributed by atoms with van der Waals surface area (Å²) >= 11 is 0. The molecule has 2 N–H and O–H groups in total. The van der Waals surface area contributed by atoms with Crippen LogP contribution in [0.5, 0.6) is 0 Å². The molecule has 0 unspecified atom stereocenters. The van der Waals surface area contributed by atoms with Crippen LogP contribution in [-0.4, -0.2) is 52.8 Å². The summed E-state index contributed by atoms with van der Waals surface area (Å²) in [4.78, 5) is 39.0. The Morgan fingerprint density at radius 2 is 1.67 bits per heavy atom. The van der Waals surface area contributed by atoms with Crippen LogP contribution in [0.25, 0.3) is 0 Å². The average Bonchev–Trinajstić information content (AvgIpc) is 3.03. The van der Waals surface area contributed by atoms with Crippen LogP contribution in [0.1, 0.15) is 53.5 Å². The van der Waals surface area contributed by atoms with Crippen molar-refractivity contribution in [2.24, 2.45) is 0 Å². The molecule has 166 valence electrons. The molecule has 0 spiro atoms. The number of ether oxygens (including phenoxy) is 2. The Kier molecular flexibility index (Phi) is 7.47. The molecule has 1 aliphatic rings. The molecular formula is C22H33N3O5. The predicted octanol–water partition coefficient (Wildman–Crippen LogP) is 3.21. The van der Waals surface area contributed by atoms with E-state index in [0.717, 1.165) is 5.56 Å². The van der Waals surface area contributed by atoms with E-state index in [1.807, 2.05) is 56.0 Å². The van der Waals surface area contributed by atoms with E-state index in [9.17, 15) is 14.4 Å². The topological polar surface area (TPSA) is 97.0 Å². The van der Waals surface area contributed by atoms with Crippen LogP contribution in [-0.2, 0) is 20.9 Å². The number of carbonyl (C=O) groups is 3. The minimum atomic E-state index is -0.790. The van der Waals surface area contributed by atoms with Gasteiger partial charge in [-0.1, -0.05) is 30.3 Å². The lowest BCUT2D eigenvalue weighted by Gasteiger charge is -2.35. The zero-order chi connectivity index (χ0) is 22.5. The standard InChI is InChI=1S/C22H33N3O5/c1-21(2,3)25-13-16(23-20(28)30-22(4,5)6)12-17(25)18(26)24-19(27)29-14-15-10-8-7-9-11-15/h7-11,16-17H,12-14H2,1-6H3,(H,23,28)(H,24,26,27)/t16-,17+/m1/s1. The second kappa shape index (κ2) is 9.47. The number of likely N-dealkylation sites (tertiary alicyclic amines) is 1. The lowest BCUT2D eigenvalue weighted by molar-refractivity contribution is -0.126. The Morgan fingerprint density at radius 3 is 2.23 bits per heavy atom. The van der Waals surface area contributed by atoms with Crippen LogP contribution in [0.3, 0.4) is 0 Å². The molecule has 1 aromatic rings. The molecule has 2 rings (SSSR count). The number of alkyl carbamates (subject to hydrolysis) is 2. The van der Waals surface area contributed by atoms with E-state index in [0.29, 0.717) is 13.0 Å². The van der Waals surface area contributed by atoms with Gasteiger partial charge in [-0.15, -0.1) is 0 Å². The first kappa shape index (κ1) is 23.7. The average molecular weight is 420 g/mol. The number of benzene rings is 1. The van der Waals surface area contributed by atoms with E-state index in [-0.39, 0.29) is 18.2 Å². The number of hydrogen-bond acceptors (Lipinski definition) is 6. The van der Waals surface area contributed by atoms with Crippen molar-refractivity contribution < 1.29 is 23.9 Å². The van der Waals surface area contributed by atoms with Gasteiger partial charge in [-0.05, 0) is 53.5 Å². The van der Waals surface area contributed by atoms with Gasteiger partial charge in [0.1, 0.15) is 12.2 Å². The van der Waals surface area contributed by atoms with Crippen LogP contribution in [0, 0.1) is 0 Å². The molecule has 30 heavy (non-hydrogen) atoms. The summed E-state index contributed by atoms with van der Waals surface area (Å²) in [5, 5.41) is 5.14. The highest BCUT2D eigenvalue weighted by atomic mass is 16.6. The van der Waals surface area contributed by atoms with Crippen molar-refractivity contribution >= 4 is 18.1 Å². The molecule has 1 aromatic carbocycles. The molecule has 0 aromatic heterocycles. The van der Waals surface area contributed by atoms with Crippen molar-refractivity contribution in [3.8, 4) is 0 Å². The van der Waals surface area contributed by atoms with Gasteiger partial charge in [-0.2, -0.15) is 0 Å². The molecule has 0 bridgehead atoms. The quantitative estimate of drug-likeness (QED) is 0.778. The molecule has 0 saturated carbocycles. The molecule has 1 aliphatic heterocycles. The Morgan fingerprint density at radius 1 is 1.03 bits per heavy atom. The third-order valence-corrected chi connectivity index (χ3v) is 4.62. The summed E-state index contributed by atoms with van der Waals surface area (Å²) in [6.45, 7) is 11.9. The fourth-order valence-electron chi connectivity index (χ4n) is 3.35. The van der Waals surface area contributed by atoms with E-state index in [1.165, 1.54) is 0 Å². The van der Waals surface area contributed by atoms with Gasteiger partial charge in [-0.25, -0.2) is 9.59 Å². The van der Waals surface area contributed by atoms with Crippen LogP contribution < -0.4 is 10.6 Å². The minimum Gasteiger partial charge on any atom is -0.444 e. The van der Waals surface area contributed by atoms with Gasteiger partial charge in [0.05, 0.1) is 6.04 Å². The number of rotatable bonds is 4. The largest absolute Gasteiger partial charge is 0.444 e. The van der Waals surface area contributed by atoms with Crippen molar-refractivity contribution in [1.29, 1.82) is 0 Å². The maximum atomic E-state index is 12.8. The predicted molar refractivity (Wildman–Crippen MR) is 113 cm³/mol. The Labute approximate surface area is 178 Å². The maximum absolute atomic E-state index is 12.8. The number of carbonyl (C=O) groups excluding carboxylic acids is 3. The molecular weight excluding hydrogens is 386 g/mol. The highest BCUT2D eigenvalue weighted by Gasteiger charge is 2.43. The van der Waals surface area contributed by atoms with Gasteiger partial charge >= 0.3 is 12.2 Å². The monoisotopic (exact) mass is 419 g/mol. The van der Waals surface area contributed by atoms with Gasteiger partial charge < -0.3 is 14.8 Å². The number of imide groups is 1. The number of nitrogens with zero attached hydrogens (tertiary/aromatic N) is 1. The van der Waals surface area contributed by atoms with E-state index in [4.69, 9.17) is 9.47 Å². The number of hydrogen-bond donors (Lipinski definition) is 2. The zero-order valence-corrected chi connectivity index (χ0v) is 18.7. The van der Waals surface area contributed by atoms with E-state index in [2.05, 4.69) is 10.6 Å². The van der Waals surface area contributed by atoms with Crippen molar-refractivity contribution in [2.45, 2.75) is 77.8 Å². The molecule has 0 radical (unpaired) electrons. The Hall–Kier alpha value is -2.61. The summed E-state index contributed by atoms with van der Waals surface area (Å²) in [6, 6.07) is 8.39. The van der Waals surface area contributed by atoms with Crippen molar-refractivity contribution in [3.05, 3.63) is 35.9 Å². The van der Waals surface area contributed by atoms with Crippen LogP contribution in [0.4, 0.5) is 9.59 Å². The van der Waals surface area contributed by atoms with Crippen LogP contribution in [0.15, 0.2) is 30.3 Å². The van der Waals surface area contributed by atoms with Crippen LogP contribution >= 0.6 is 0 Å². The first-order valence-electron chi connectivity index (χ1n) is 10.1. The second-order valence-electron chi connectivity index (χ2n) is 9.47. The first-order chi connectivity index (χ1) is 13.8. The molecule has 1 heterocycles. The van der Waals surface area contributed by atoms with Crippen molar-refractivity contribution in [1.82, 2.24) is 15.5 Å². The van der Waals surface area contributed by atoms with Crippen molar-refractivity contribution in [2.75, 3.05) is 6.54 Å². The smallest absolute Gasteiger partial charge is 0.414 e. The van der Waals surface area contributed by atoms with Gasteiger partial charge in [0.15, 0.2) is 0 Å². The summed E-state index contributed by atoms with van der Waals surface area (Å²) < 4.78 is 10.5. The highest BCUT2D eigenvalue weighted by Crippen LogP contribution is 2.27. The lowest BCUT2D eigenvalue weighted by Crippen LogP contribution is -2.52. The second-order valence-corrected chi connectivity index (χ2v) is 9.47. The maximum Gasteiger partial charge on any atom is 0.414 e. The van der Waals surface area contributed by atoms with Gasteiger partial charge in [0.2, 0.25) is 5.91 Å². The molecule has 3 amide bonds. The van der Waals surface area contributed by atoms with Crippen molar-refractivity contribution in [3.63, 3.8) is 0 Å². The summed E-state index contributed by atoms with van der Waals surface area (Å²) in [5.74, 6) is -0.448. The Balaban J connectivity index is 1.95. The molecule has 2 atom stereocenters. The third kappa shape index (κ3) is 7.33. The molecule has 8 heteroatoms. The van der Waals surface area contributed by atoms with Gasteiger partial charge in [0.25, 0.3) is 0 Å². The summed E-state index contributed by atoms with van der Waals surface area (Å²) in [5.41, 5.74) is -0.106. The highest BCUT2D eigenvalue weighted by molar-refractivity contribution is 5.95. The van der Waals surface area contributed by atoms with E-state index >= 15 is 0 Å². The lowest BCUT2D eigenvalue weighted by atomic mass is 10.0. The SMILES string of the molecule is CC(C)(C)OC(=O)N[C@@H]1C[C@@H](C(=O)NC(=O)OCc2ccccc2)N(C(C)(C)C)C1. The van der Waals surface area contributed by atoms with E-state index < -0.39 is 29.7 Å². The fraction of sp³-hybridized carbons (Fsp3) is 0.591. The van der Waals surface area contributed by atoms with Gasteiger partial charge in [-0.3, -0.25) is 15.0 Å². The first-order valence-corrected chi connectivity index (χ1v) is 10.1. The third-order valence-electron chi connectivity index (χ3n) is 4.62. The molecule has 0 aliphatic carbocycles. The summed E-state index contributed by atoms with van der Waals surface area (Å²) in [7, 11) is 0. The normalized spacial score (nSPS) is 19.8. The number of nitrogens with one attached hydrogen (secondary N) is 2. The zero-order valence-electron chi connectivity index (χ0n) is 18.7. The van der Waals surface area contributed by atoms with E-state index in [1.54, 1.807) is 20.8 Å². The fourth-order valence-corrected chi connectivity index (χ4v) is 3.35. The Bertz CT molecular complexity index is 752. The minimum absolute atomic E-state index is 0.0798.